The number of rotatable bonds is 4. The van der Waals surface area contributed by atoms with Crippen LogP contribution in [0.3, 0.4) is 0 Å². The summed E-state index contributed by atoms with van der Waals surface area (Å²) in [4.78, 5) is 49.4. The first-order chi connectivity index (χ1) is 12.4. The van der Waals surface area contributed by atoms with E-state index < -0.39 is 41.3 Å². The van der Waals surface area contributed by atoms with Crippen LogP contribution < -0.4 is 26.5 Å². The fourth-order valence-electron chi connectivity index (χ4n) is 2.34. The van der Waals surface area contributed by atoms with Crippen molar-refractivity contribution in [2.75, 3.05) is 18.9 Å². The Labute approximate surface area is 146 Å². The lowest BCUT2D eigenvalue weighted by Gasteiger charge is -2.24. The van der Waals surface area contributed by atoms with Crippen LogP contribution in [-0.2, 0) is 16.6 Å². The van der Waals surface area contributed by atoms with Crippen LogP contribution in [-0.4, -0.2) is 40.6 Å². The van der Waals surface area contributed by atoms with Gasteiger partial charge >= 0.3 is 11.7 Å². The van der Waals surface area contributed by atoms with Gasteiger partial charge < -0.3 is 19.9 Å². The maximum atomic E-state index is 12.2. The average molecular weight is 361 g/mol. The van der Waals surface area contributed by atoms with Crippen molar-refractivity contribution in [1.29, 1.82) is 0 Å². The number of H-pyrrole nitrogens is 1. The molecule has 1 aliphatic rings. The molecule has 0 bridgehead atoms. The van der Waals surface area contributed by atoms with Gasteiger partial charge in [0.25, 0.3) is 5.56 Å². The van der Waals surface area contributed by atoms with Crippen molar-refractivity contribution in [2.45, 2.75) is 6.10 Å². The predicted molar refractivity (Wildman–Crippen MR) is 88.4 cm³/mol. The van der Waals surface area contributed by atoms with Crippen LogP contribution in [0.1, 0.15) is 10.4 Å². The van der Waals surface area contributed by atoms with Gasteiger partial charge in [0.05, 0.1) is 0 Å². The minimum Gasteiger partial charge on any atom is -0.485 e. The van der Waals surface area contributed by atoms with Crippen molar-refractivity contribution in [3.8, 4) is 11.5 Å². The van der Waals surface area contributed by atoms with Crippen molar-refractivity contribution in [3.63, 3.8) is 0 Å². The number of hydrogen-bond acceptors (Lipinski definition) is 8. The van der Waals surface area contributed by atoms with Crippen LogP contribution in [0.2, 0.25) is 0 Å². The summed E-state index contributed by atoms with van der Waals surface area (Å²) in [6.45, 7) is -0.807. The molecule has 10 heteroatoms. The fourth-order valence-corrected chi connectivity index (χ4v) is 2.34. The maximum Gasteiger partial charge on any atom is 0.351 e. The zero-order valence-corrected chi connectivity index (χ0v) is 13.7. The highest BCUT2D eigenvalue weighted by Crippen LogP contribution is 2.31. The number of ketones is 1. The van der Waals surface area contributed by atoms with Gasteiger partial charge in [-0.05, 0) is 12.1 Å². The summed E-state index contributed by atoms with van der Waals surface area (Å²) in [6, 6.07) is 6.79. The molecule has 2 heterocycles. The number of carbonyl (C=O) groups excluding carboxylic acids is 2. The minimum absolute atomic E-state index is 0.0768. The van der Waals surface area contributed by atoms with Crippen LogP contribution in [0, 0.1) is 0 Å². The third-order valence-corrected chi connectivity index (χ3v) is 3.77. The van der Waals surface area contributed by atoms with Crippen LogP contribution >= 0.6 is 0 Å². The van der Waals surface area contributed by atoms with Gasteiger partial charge in [0.15, 0.2) is 18.1 Å². The van der Waals surface area contributed by atoms with E-state index in [1.54, 1.807) is 24.3 Å². The molecule has 3 N–H and O–H groups in total. The van der Waals surface area contributed by atoms with Gasteiger partial charge in [-0.3, -0.25) is 19.1 Å². The molecule has 136 valence electrons. The van der Waals surface area contributed by atoms with E-state index in [-0.39, 0.29) is 12.4 Å². The van der Waals surface area contributed by atoms with Crippen LogP contribution in [0.15, 0.2) is 33.9 Å². The smallest absolute Gasteiger partial charge is 0.351 e. The number of aromatic nitrogens is 2. The third-order valence-electron chi connectivity index (χ3n) is 3.77. The summed E-state index contributed by atoms with van der Waals surface area (Å²) in [6.07, 6.45) is -1.05. The number of Topliss-reactive ketones (excluding diaryl/α,β-unsaturated/α-hetero) is 1. The van der Waals surface area contributed by atoms with Gasteiger partial charge in [-0.2, -0.15) is 0 Å². The Morgan fingerprint density at radius 3 is 2.73 bits per heavy atom. The summed E-state index contributed by atoms with van der Waals surface area (Å²) in [5.74, 6) is -1.11. The van der Waals surface area contributed by atoms with E-state index in [0.717, 1.165) is 4.57 Å². The summed E-state index contributed by atoms with van der Waals surface area (Å²) >= 11 is 0. The van der Waals surface area contributed by atoms with Crippen molar-refractivity contribution in [3.05, 3.63) is 50.7 Å². The number of nitrogens with two attached hydrogens (primary N) is 1. The highest BCUT2D eigenvalue weighted by Gasteiger charge is 2.29. The molecule has 1 aliphatic heterocycles. The molecule has 10 nitrogen and oxygen atoms in total. The van der Waals surface area contributed by atoms with Gasteiger partial charge in [0, 0.05) is 7.05 Å². The van der Waals surface area contributed by atoms with Crippen LogP contribution in [0.5, 0.6) is 11.5 Å². The third kappa shape index (κ3) is 3.16. The summed E-state index contributed by atoms with van der Waals surface area (Å²) < 4.78 is 16.7. The molecule has 0 radical (unpaired) electrons. The number of carbonyl (C=O) groups is 2. The second-order valence-corrected chi connectivity index (χ2v) is 5.47. The standard InChI is InChI=1S/C16H15N3O7/c1-19-13(17)12(14(21)18-16(19)23)8(20)6-25-15(22)11-7-24-9-4-2-3-5-10(9)26-11/h2-5,11H,6-7,17H2,1H3,(H,18,21,23)/t11-/m0/s1. The number of esters is 1. The van der Waals surface area contributed by atoms with E-state index in [4.69, 9.17) is 19.9 Å². The molecule has 1 atom stereocenters. The lowest BCUT2D eigenvalue weighted by Crippen LogP contribution is -2.39. The zero-order valence-electron chi connectivity index (χ0n) is 13.7. The molecule has 0 unspecified atom stereocenters. The normalized spacial score (nSPS) is 15.3. The molecule has 0 saturated carbocycles. The first-order valence-electron chi connectivity index (χ1n) is 7.55. The predicted octanol–water partition coefficient (Wildman–Crippen LogP) is -0.778. The molecular formula is C16H15N3O7. The molecule has 26 heavy (non-hydrogen) atoms. The molecule has 0 amide bonds. The molecule has 0 spiro atoms. The zero-order chi connectivity index (χ0) is 18.8. The Balaban J connectivity index is 1.68. The van der Waals surface area contributed by atoms with E-state index in [2.05, 4.69) is 0 Å². The van der Waals surface area contributed by atoms with Crippen molar-refractivity contribution in [2.24, 2.45) is 7.05 Å². The fraction of sp³-hybridized carbons (Fsp3) is 0.250. The lowest BCUT2D eigenvalue weighted by atomic mass is 10.2. The van der Waals surface area contributed by atoms with E-state index in [0.29, 0.717) is 11.5 Å². The van der Waals surface area contributed by atoms with E-state index in [9.17, 15) is 19.2 Å². The van der Waals surface area contributed by atoms with E-state index in [1.807, 2.05) is 4.98 Å². The molecule has 1 aromatic carbocycles. The highest BCUT2D eigenvalue weighted by molar-refractivity contribution is 6.01. The number of hydrogen-bond donors (Lipinski definition) is 2. The number of nitrogens with one attached hydrogen (secondary N) is 1. The first-order valence-corrected chi connectivity index (χ1v) is 7.55. The second kappa shape index (κ2) is 6.75. The van der Waals surface area contributed by atoms with Gasteiger partial charge in [-0.15, -0.1) is 0 Å². The average Bonchev–Trinajstić information content (AvgIpc) is 2.63. The Morgan fingerprint density at radius 2 is 2.00 bits per heavy atom. The number of aromatic amines is 1. The quantitative estimate of drug-likeness (QED) is 0.533. The number of anilines is 1. The van der Waals surface area contributed by atoms with Crippen LogP contribution in [0.25, 0.3) is 0 Å². The number of benzene rings is 1. The Bertz CT molecular complexity index is 992. The van der Waals surface area contributed by atoms with E-state index in [1.165, 1.54) is 7.05 Å². The molecule has 0 saturated heterocycles. The maximum absolute atomic E-state index is 12.2. The largest absolute Gasteiger partial charge is 0.485 e. The number of ether oxygens (including phenoxy) is 3. The minimum atomic E-state index is -1.05. The van der Waals surface area contributed by atoms with Crippen molar-refractivity contribution < 1.29 is 23.8 Å². The highest BCUT2D eigenvalue weighted by atomic mass is 16.6. The summed E-state index contributed by atoms with van der Waals surface area (Å²) in [7, 11) is 1.29. The number of para-hydroxylation sites is 2. The monoisotopic (exact) mass is 361 g/mol. The number of nitrogens with zero attached hydrogens (tertiary/aromatic N) is 1. The van der Waals surface area contributed by atoms with Gasteiger partial charge in [-0.1, -0.05) is 12.1 Å². The molecule has 1 aromatic heterocycles. The summed E-state index contributed by atoms with van der Waals surface area (Å²) in [5.41, 5.74) is 3.47. The lowest BCUT2D eigenvalue weighted by molar-refractivity contribution is -0.153. The van der Waals surface area contributed by atoms with Crippen molar-refractivity contribution in [1.82, 2.24) is 9.55 Å². The number of fused-ring (bicyclic) bond motifs is 1. The van der Waals surface area contributed by atoms with Gasteiger partial charge in [0.1, 0.15) is 18.0 Å². The number of nitrogen functional groups attached to an aromatic ring is 1. The second-order valence-electron chi connectivity index (χ2n) is 5.47. The molecular weight excluding hydrogens is 346 g/mol. The van der Waals surface area contributed by atoms with E-state index >= 15 is 0 Å². The van der Waals surface area contributed by atoms with Gasteiger partial charge in [-0.25, -0.2) is 9.59 Å². The van der Waals surface area contributed by atoms with Crippen molar-refractivity contribution >= 4 is 17.6 Å². The SMILES string of the molecule is Cn1c(N)c(C(=O)COC(=O)[C@@H]2COc3ccccc3O2)c(=O)[nH]c1=O. The molecule has 3 rings (SSSR count). The topological polar surface area (TPSA) is 143 Å². The Hall–Kier alpha value is -3.56. The summed E-state index contributed by atoms with van der Waals surface area (Å²) in [5, 5.41) is 0. The van der Waals surface area contributed by atoms with Crippen LogP contribution in [0.4, 0.5) is 5.82 Å². The molecule has 0 aliphatic carbocycles. The van der Waals surface area contributed by atoms with Gasteiger partial charge in [0.2, 0.25) is 11.9 Å². The first kappa shape index (κ1) is 17.3. The Kier molecular flexibility index (Phi) is 4.48. The molecule has 0 fully saturated rings. The Morgan fingerprint density at radius 1 is 1.31 bits per heavy atom. The molecule has 2 aromatic rings.